The molecule has 2 N–H and O–H groups in total. The van der Waals surface area contributed by atoms with E-state index in [2.05, 4.69) is 4.74 Å². The average Bonchev–Trinajstić information content (AvgIpc) is 2.26. The molecule has 4 heteroatoms. The second-order valence-electron chi connectivity index (χ2n) is 3.10. The third-order valence-electron chi connectivity index (χ3n) is 2.07. The molecule has 0 radical (unpaired) electrons. The fourth-order valence-electron chi connectivity index (χ4n) is 1.26. The summed E-state index contributed by atoms with van der Waals surface area (Å²) in [5.74, 6) is -0.178. The minimum Gasteiger partial charge on any atom is -0.469 e. The Balaban J connectivity index is 0.00000196. The van der Waals surface area contributed by atoms with E-state index in [0.717, 1.165) is 11.1 Å². The van der Waals surface area contributed by atoms with Crippen molar-refractivity contribution in [1.29, 1.82) is 0 Å². The van der Waals surface area contributed by atoms with Gasteiger partial charge < -0.3 is 10.5 Å². The largest absolute Gasteiger partial charge is 0.469 e. The number of hydrogen-bond donors (Lipinski definition) is 1. The maximum Gasteiger partial charge on any atom is 0.305 e. The molecule has 3 nitrogen and oxygen atoms in total. The van der Waals surface area contributed by atoms with E-state index >= 15 is 0 Å². The summed E-state index contributed by atoms with van der Waals surface area (Å²) in [6.07, 6.45) is 1.13. The lowest BCUT2D eigenvalue weighted by molar-refractivity contribution is -0.140. The van der Waals surface area contributed by atoms with Gasteiger partial charge in [0.25, 0.3) is 0 Å². The molecule has 1 aromatic rings. The first kappa shape index (κ1) is 13.9. The first-order valence-electron chi connectivity index (χ1n) is 4.61. The van der Waals surface area contributed by atoms with Gasteiger partial charge in [-0.05, 0) is 17.5 Å². The number of methoxy groups -OCH3 is 1. The lowest BCUT2D eigenvalue weighted by Crippen LogP contribution is -2.02. The molecule has 1 aromatic carbocycles. The summed E-state index contributed by atoms with van der Waals surface area (Å²) in [7, 11) is 1.40. The van der Waals surface area contributed by atoms with Crippen LogP contribution in [0.1, 0.15) is 17.5 Å². The summed E-state index contributed by atoms with van der Waals surface area (Å²) in [4.78, 5) is 10.9. The zero-order valence-electron chi connectivity index (χ0n) is 8.73. The van der Waals surface area contributed by atoms with E-state index in [-0.39, 0.29) is 18.4 Å². The number of aryl methyl sites for hydroxylation is 1. The molecule has 0 aliphatic carbocycles. The number of halogens is 1. The molecule has 0 saturated heterocycles. The van der Waals surface area contributed by atoms with Gasteiger partial charge in [-0.15, -0.1) is 12.4 Å². The van der Waals surface area contributed by atoms with Crippen LogP contribution in [0, 0.1) is 0 Å². The number of carbonyl (C=O) groups is 1. The summed E-state index contributed by atoms with van der Waals surface area (Å²) >= 11 is 0. The van der Waals surface area contributed by atoms with Crippen molar-refractivity contribution in [2.45, 2.75) is 19.4 Å². The first-order chi connectivity index (χ1) is 6.76. The minimum absolute atomic E-state index is 0. The van der Waals surface area contributed by atoms with Crippen LogP contribution in [0.4, 0.5) is 0 Å². The highest BCUT2D eigenvalue weighted by Crippen LogP contribution is 2.07. The molecule has 0 aliphatic rings. The van der Waals surface area contributed by atoms with Crippen LogP contribution in [0.15, 0.2) is 24.3 Å². The molecule has 0 aromatic heterocycles. The van der Waals surface area contributed by atoms with Crippen molar-refractivity contribution in [2.24, 2.45) is 5.73 Å². The Morgan fingerprint density at radius 2 is 2.07 bits per heavy atom. The smallest absolute Gasteiger partial charge is 0.305 e. The van der Waals surface area contributed by atoms with Gasteiger partial charge in [-0.3, -0.25) is 4.79 Å². The number of rotatable bonds is 4. The lowest BCUT2D eigenvalue weighted by atomic mass is 10.1. The molecule has 15 heavy (non-hydrogen) atoms. The Labute approximate surface area is 96.0 Å². The molecular formula is C11H16ClNO2. The van der Waals surface area contributed by atoms with Gasteiger partial charge in [0.2, 0.25) is 0 Å². The Morgan fingerprint density at radius 1 is 1.40 bits per heavy atom. The van der Waals surface area contributed by atoms with Crippen molar-refractivity contribution >= 4 is 18.4 Å². The van der Waals surface area contributed by atoms with Crippen LogP contribution < -0.4 is 5.73 Å². The highest BCUT2D eigenvalue weighted by atomic mass is 35.5. The third-order valence-corrected chi connectivity index (χ3v) is 2.07. The fourth-order valence-corrected chi connectivity index (χ4v) is 1.26. The number of nitrogens with two attached hydrogens (primary N) is 1. The molecular weight excluding hydrogens is 214 g/mol. The van der Waals surface area contributed by atoms with Gasteiger partial charge in [-0.1, -0.05) is 24.3 Å². The van der Waals surface area contributed by atoms with Gasteiger partial charge >= 0.3 is 5.97 Å². The Bertz CT molecular complexity index is 315. The van der Waals surface area contributed by atoms with E-state index < -0.39 is 0 Å². The number of ether oxygens (including phenoxy) is 1. The quantitative estimate of drug-likeness (QED) is 0.800. The third kappa shape index (κ3) is 4.81. The maximum atomic E-state index is 10.9. The van der Waals surface area contributed by atoms with E-state index in [0.29, 0.717) is 19.4 Å². The second-order valence-corrected chi connectivity index (χ2v) is 3.10. The van der Waals surface area contributed by atoms with Crippen molar-refractivity contribution in [3.05, 3.63) is 35.4 Å². The van der Waals surface area contributed by atoms with Gasteiger partial charge in [0.1, 0.15) is 0 Å². The van der Waals surface area contributed by atoms with Crippen LogP contribution in [-0.4, -0.2) is 13.1 Å². The summed E-state index contributed by atoms with van der Waals surface area (Å²) < 4.78 is 4.56. The highest BCUT2D eigenvalue weighted by Gasteiger charge is 2.01. The molecule has 0 unspecified atom stereocenters. The van der Waals surface area contributed by atoms with E-state index in [1.807, 2.05) is 24.3 Å². The van der Waals surface area contributed by atoms with Crippen LogP contribution in [-0.2, 0) is 22.5 Å². The van der Waals surface area contributed by atoms with Crippen LogP contribution in [0.5, 0.6) is 0 Å². The Hall–Kier alpha value is -1.06. The highest BCUT2D eigenvalue weighted by molar-refractivity contribution is 5.85. The van der Waals surface area contributed by atoms with E-state index in [4.69, 9.17) is 5.73 Å². The molecule has 0 spiro atoms. The van der Waals surface area contributed by atoms with Gasteiger partial charge in [0.05, 0.1) is 7.11 Å². The van der Waals surface area contributed by atoms with Gasteiger partial charge in [-0.25, -0.2) is 0 Å². The van der Waals surface area contributed by atoms with Crippen molar-refractivity contribution in [3.8, 4) is 0 Å². The molecule has 0 aliphatic heterocycles. The predicted octanol–water partition coefficient (Wildman–Crippen LogP) is 1.67. The summed E-state index contributed by atoms with van der Waals surface area (Å²) in [5, 5.41) is 0. The number of benzene rings is 1. The SMILES string of the molecule is COC(=O)CCc1cccc(CN)c1.Cl. The van der Waals surface area contributed by atoms with Crippen LogP contribution in [0.3, 0.4) is 0 Å². The van der Waals surface area contributed by atoms with Crippen molar-refractivity contribution < 1.29 is 9.53 Å². The molecule has 0 bridgehead atoms. The van der Waals surface area contributed by atoms with E-state index in [9.17, 15) is 4.79 Å². The maximum absolute atomic E-state index is 10.9. The molecule has 1 rings (SSSR count). The zero-order chi connectivity index (χ0) is 10.4. The molecule has 84 valence electrons. The standard InChI is InChI=1S/C11H15NO2.ClH/c1-14-11(13)6-5-9-3-2-4-10(7-9)8-12;/h2-4,7H,5-6,8,12H2,1H3;1H. The fraction of sp³-hybridized carbons (Fsp3) is 0.364. The van der Waals surface area contributed by atoms with Crippen LogP contribution >= 0.6 is 12.4 Å². The van der Waals surface area contributed by atoms with Crippen molar-refractivity contribution in [2.75, 3.05) is 7.11 Å². The van der Waals surface area contributed by atoms with Crippen molar-refractivity contribution in [1.82, 2.24) is 0 Å². The van der Waals surface area contributed by atoms with E-state index in [1.54, 1.807) is 0 Å². The molecule has 0 saturated carbocycles. The monoisotopic (exact) mass is 229 g/mol. The molecule has 0 amide bonds. The predicted molar refractivity (Wildman–Crippen MR) is 61.9 cm³/mol. The zero-order valence-corrected chi connectivity index (χ0v) is 9.55. The normalized spacial score (nSPS) is 9.20. The minimum atomic E-state index is -0.178. The van der Waals surface area contributed by atoms with E-state index in [1.165, 1.54) is 7.11 Å². The van der Waals surface area contributed by atoms with Crippen molar-refractivity contribution in [3.63, 3.8) is 0 Å². The average molecular weight is 230 g/mol. The molecule has 0 fully saturated rings. The summed E-state index contributed by atoms with van der Waals surface area (Å²) in [6.45, 7) is 0.534. The first-order valence-corrected chi connectivity index (χ1v) is 4.61. The number of hydrogen-bond acceptors (Lipinski definition) is 3. The van der Waals surface area contributed by atoms with Crippen LogP contribution in [0.25, 0.3) is 0 Å². The topological polar surface area (TPSA) is 52.3 Å². The second kappa shape index (κ2) is 7.26. The van der Waals surface area contributed by atoms with Gasteiger partial charge in [-0.2, -0.15) is 0 Å². The number of carbonyl (C=O) groups excluding carboxylic acids is 1. The van der Waals surface area contributed by atoms with Crippen LogP contribution in [0.2, 0.25) is 0 Å². The van der Waals surface area contributed by atoms with Gasteiger partial charge in [0, 0.05) is 13.0 Å². The Morgan fingerprint density at radius 3 is 2.67 bits per heavy atom. The summed E-state index contributed by atoms with van der Waals surface area (Å²) in [5.41, 5.74) is 7.72. The molecule has 0 atom stereocenters. The Kier molecular flexibility index (Phi) is 6.75. The number of esters is 1. The summed E-state index contributed by atoms with van der Waals surface area (Å²) in [6, 6.07) is 7.93. The molecule has 0 heterocycles. The lowest BCUT2D eigenvalue weighted by Gasteiger charge is -2.02. The van der Waals surface area contributed by atoms with Gasteiger partial charge in [0.15, 0.2) is 0 Å².